The Kier molecular flexibility index (Phi) is 7.60. The number of para-hydroxylation sites is 1. The second-order valence-corrected chi connectivity index (χ2v) is 6.80. The van der Waals surface area contributed by atoms with E-state index in [-0.39, 0.29) is 34.0 Å². The molecule has 0 aliphatic heterocycles. The lowest BCUT2D eigenvalue weighted by molar-refractivity contribution is -0.385. The van der Waals surface area contributed by atoms with Gasteiger partial charge < -0.3 is 9.84 Å². The molecule has 0 aliphatic rings. The van der Waals surface area contributed by atoms with Crippen molar-refractivity contribution in [3.63, 3.8) is 0 Å². The standard InChI is InChI=1S/C23H16N4O8/c28-20-7-2-1-6-19(20)23(30)25-24-14-16-13-18(27(33)34)9-10-21(16)35-22(29)11-8-15-4-3-5-17(12-15)26(31)32/h1-14,28H,(H,25,30)/b11-8+,24-14+. The van der Waals surface area contributed by atoms with Crippen LogP contribution >= 0.6 is 0 Å². The molecule has 2 N–H and O–H groups in total. The van der Waals surface area contributed by atoms with Gasteiger partial charge in [-0.2, -0.15) is 5.10 Å². The molecule has 0 radical (unpaired) electrons. The Morgan fingerprint density at radius 3 is 2.37 bits per heavy atom. The van der Waals surface area contributed by atoms with Gasteiger partial charge in [0.2, 0.25) is 0 Å². The van der Waals surface area contributed by atoms with Crippen LogP contribution in [0.25, 0.3) is 6.08 Å². The number of nitrogens with zero attached hydrogens (tertiary/aromatic N) is 3. The summed E-state index contributed by atoms with van der Waals surface area (Å²) < 4.78 is 5.21. The SMILES string of the molecule is O=C(/C=C/c1cccc([N+](=O)[O-])c1)Oc1ccc([N+](=O)[O-])cc1/C=N/NC(=O)c1ccccc1O. The van der Waals surface area contributed by atoms with E-state index in [0.717, 1.165) is 24.4 Å². The molecule has 3 aromatic carbocycles. The predicted octanol–water partition coefficient (Wildman–Crippen LogP) is 3.59. The Hall–Kier alpha value is -5.39. The fourth-order valence-corrected chi connectivity index (χ4v) is 2.78. The number of hydrogen-bond donors (Lipinski definition) is 2. The summed E-state index contributed by atoms with van der Waals surface area (Å²) in [6.07, 6.45) is 3.38. The van der Waals surface area contributed by atoms with E-state index in [0.29, 0.717) is 5.56 Å². The fraction of sp³-hybridized carbons (Fsp3) is 0. The highest BCUT2D eigenvalue weighted by atomic mass is 16.6. The van der Waals surface area contributed by atoms with Gasteiger partial charge in [-0.05, 0) is 29.8 Å². The molecule has 1 amide bonds. The van der Waals surface area contributed by atoms with Gasteiger partial charge in [0.05, 0.1) is 21.6 Å². The van der Waals surface area contributed by atoms with Crippen molar-refractivity contribution in [2.24, 2.45) is 5.10 Å². The number of rotatable bonds is 8. The molecule has 3 rings (SSSR count). The molecular weight excluding hydrogens is 460 g/mol. The van der Waals surface area contributed by atoms with E-state index in [1.807, 2.05) is 0 Å². The van der Waals surface area contributed by atoms with Gasteiger partial charge in [0.15, 0.2) is 0 Å². The van der Waals surface area contributed by atoms with E-state index >= 15 is 0 Å². The molecule has 35 heavy (non-hydrogen) atoms. The van der Waals surface area contributed by atoms with Gasteiger partial charge >= 0.3 is 5.97 Å². The van der Waals surface area contributed by atoms with Crippen LogP contribution in [0.1, 0.15) is 21.5 Å². The Labute approximate surface area is 197 Å². The van der Waals surface area contributed by atoms with Crippen molar-refractivity contribution in [1.82, 2.24) is 5.43 Å². The number of esters is 1. The van der Waals surface area contributed by atoms with Crippen LogP contribution in [0.2, 0.25) is 0 Å². The number of non-ortho nitro benzene ring substituents is 2. The lowest BCUT2D eigenvalue weighted by atomic mass is 10.2. The van der Waals surface area contributed by atoms with Gasteiger partial charge in [-0.25, -0.2) is 10.2 Å². The summed E-state index contributed by atoms with van der Waals surface area (Å²) in [5.41, 5.74) is 2.05. The molecule has 0 atom stereocenters. The monoisotopic (exact) mass is 476 g/mol. The van der Waals surface area contributed by atoms with E-state index in [1.54, 1.807) is 6.07 Å². The van der Waals surface area contributed by atoms with Crippen LogP contribution in [0.5, 0.6) is 11.5 Å². The van der Waals surface area contributed by atoms with E-state index < -0.39 is 21.7 Å². The van der Waals surface area contributed by atoms with Crippen molar-refractivity contribution in [3.05, 3.63) is 110 Å². The second kappa shape index (κ2) is 11.0. The number of benzene rings is 3. The lowest BCUT2D eigenvalue weighted by Crippen LogP contribution is -2.17. The molecule has 12 heteroatoms. The van der Waals surface area contributed by atoms with Crippen molar-refractivity contribution >= 4 is 35.5 Å². The number of hydrogen-bond acceptors (Lipinski definition) is 9. The molecule has 3 aromatic rings. The first-order valence-electron chi connectivity index (χ1n) is 9.79. The minimum Gasteiger partial charge on any atom is -0.507 e. The van der Waals surface area contributed by atoms with Crippen LogP contribution in [-0.4, -0.2) is 33.0 Å². The average Bonchev–Trinajstić information content (AvgIpc) is 2.84. The number of aromatic hydroxyl groups is 1. The first-order chi connectivity index (χ1) is 16.7. The Bertz CT molecular complexity index is 1370. The minimum atomic E-state index is -0.863. The number of phenols is 1. The third-order valence-electron chi connectivity index (χ3n) is 4.43. The third-order valence-corrected chi connectivity index (χ3v) is 4.43. The van der Waals surface area contributed by atoms with Gasteiger partial charge in [0.25, 0.3) is 17.3 Å². The number of carbonyl (C=O) groups excluding carboxylic acids is 2. The summed E-state index contributed by atoms with van der Waals surface area (Å²) >= 11 is 0. The zero-order chi connectivity index (χ0) is 25.4. The summed E-state index contributed by atoms with van der Waals surface area (Å²) in [7, 11) is 0. The van der Waals surface area contributed by atoms with E-state index in [1.165, 1.54) is 54.6 Å². The number of nitro benzene ring substituents is 2. The van der Waals surface area contributed by atoms with E-state index in [4.69, 9.17) is 4.74 Å². The Balaban J connectivity index is 1.77. The molecule has 0 aromatic heterocycles. The zero-order valence-electron chi connectivity index (χ0n) is 17.7. The number of phenolic OH excluding ortho intramolecular Hbond substituents is 1. The number of hydrazone groups is 1. The van der Waals surface area contributed by atoms with E-state index in [9.17, 15) is 34.9 Å². The molecule has 0 unspecified atom stereocenters. The first-order valence-corrected chi connectivity index (χ1v) is 9.79. The number of amides is 1. The maximum atomic E-state index is 12.3. The number of nitrogens with one attached hydrogen (secondary N) is 1. The van der Waals surface area contributed by atoms with Crippen molar-refractivity contribution in [1.29, 1.82) is 0 Å². The molecule has 176 valence electrons. The topological polar surface area (TPSA) is 174 Å². The molecule has 0 fully saturated rings. The Morgan fingerprint density at radius 1 is 0.943 bits per heavy atom. The van der Waals surface area contributed by atoms with Gasteiger partial charge in [-0.3, -0.25) is 25.0 Å². The maximum absolute atomic E-state index is 12.3. The summed E-state index contributed by atoms with van der Waals surface area (Å²) in [5, 5.41) is 35.4. The highest BCUT2D eigenvalue weighted by molar-refractivity contribution is 5.97. The van der Waals surface area contributed by atoms with Gasteiger partial charge in [-0.1, -0.05) is 24.3 Å². The number of carbonyl (C=O) groups is 2. The molecule has 0 saturated heterocycles. The molecule has 0 heterocycles. The summed E-state index contributed by atoms with van der Waals surface area (Å²) in [5.74, 6) is -1.95. The molecule has 0 saturated carbocycles. The van der Waals surface area contributed by atoms with Crippen LogP contribution in [-0.2, 0) is 4.79 Å². The van der Waals surface area contributed by atoms with Crippen LogP contribution < -0.4 is 10.2 Å². The first kappa shape index (κ1) is 24.3. The van der Waals surface area contributed by atoms with Gasteiger partial charge in [-0.15, -0.1) is 0 Å². The zero-order valence-corrected chi connectivity index (χ0v) is 17.7. The summed E-state index contributed by atoms with van der Waals surface area (Å²) in [6, 6.07) is 14.7. The molecule has 0 aliphatic carbocycles. The Morgan fingerprint density at radius 2 is 1.66 bits per heavy atom. The second-order valence-electron chi connectivity index (χ2n) is 6.80. The van der Waals surface area contributed by atoms with Crippen molar-refractivity contribution in [2.45, 2.75) is 0 Å². The smallest absolute Gasteiger partial charge is 0.336 e. The lowest BCUT2D eigenvalue weighted by Gasteiger charge is -2.06. The predicted molar refractivity (Wildman–Crippen MR) is 124 cm³/mol. The van der Waals surface area contributed by atoms with Crippen LogP contribution in [0.3, 0.4) is 0 Å². The number of nitro groups is 2. The summed E-state index contributed by atoms with van der Waals surface area (Å²) in [6.45, 7) is 0. The van der Waals surface area contributed by atoms with Crippen LogP contribution in [0.4, 0.5) is 11.4 Å². The molecule has 0 spiro atoms. The third kappa shape index (κ3) is 6.55. The van der Waals surface area contributed by atoms with Crippen molar-refractivity contribution in [3.8, 4) is 11.5 Å². The van der Waals surface area contributed by atoms with Gasteiger partial charge in [0, 0.05) is 35.9 Å². The normalized spacial score (nSPS) is 10.9. The number of ether oxygens (including phenoxy) is 1. The molecular formula is C23H16N4O8. The van der Waals surface area contributed by atoms with E-state index in [2.05, 4.69) is 10.5 Å². The van der Waals surface area contributed by atoms with Crippen molar-refractivity contribution in [2.75, 3.05) is 0 Å². The molecule has 0 bridgehead atoms. The van der Waals surface area contributed by atoms with Gasteiger partial charge in [0.1, 0.15) is 11.5 Å². The average molecular weight is 476 g/mol. The van der Waals surface area contributed by atoms with Crippen molar-refractivity contribution < 1.29 is 29.3 Å². The van der Waals surface area contributed by atoms with Crippen LogP contribution in [0.15, 0.2) is 77.9 Å². The highest BCUT2D eigenvalue weighted by Crippen LogP contribution is 2.23. The van der Waals surface area contributed by atoms with Crippen LogP contribution in [0, 0.1) is 20.2 Å². The quantitative estimate of drug-likeness (QED) is 0.124. The fourth-order valence-electron chi connectivity index (χ4n) is 2.78. The summed E-state index contributed by atoms with van der Waals surface area (Å²) in [4.78, 5) is 45.2. The molecule has 12 nitrogen and oxygen atoms in total. The largest absolute Gasteiger partial charge is 0.507 e. The maximum Gasteiger partial charge on any atom is 0.336 e. The minimum absolute atomic E-state index is 0.00822. The highest BCUT2D eigenvalue weighted by Gasteiger charge is 2.14.